The molecule has 1 aromatic rings. The second-order valence-corrected chi connectivity index (χ2v) is 5.33. The van der Waals surface area contributed by atoms with Crippen molar-refractivity contribution in [2.45, 2.75) is 30.7 Å². The van der Waals surface area contributed by atoms with E-state index in [0.717, 1.165) is 25.1 Å². The smallest absolute Gasteiger partial charge is 0.0537 e. The zero-order valence-corrected chi connectivity index (χ0v) is 10.9. The van der Waals surface area contributed by atoms with Gasteiger partial charge in [-0.15, -0.1) is 11.8 Å². The zero-order chi connectivity index (χ0) is 11.5. The fourth-order valence-corrected chi connectivity index (χ4v) is 3.67. The second kappa shape index (κ2) is 5.11. The van der Waals surface area contributed by atoms with Gasteiger partial charge in [-0.3, -0.25) is 0 Å². The molecule has 1 heterocycles. The SMILES string of the molecule is CCc1cccc2c1N(C)C(CCN)CS2. The molecule has 0 aliphatic carbocycles. The summed E-state index contributed by atoms with van der Waals surface area (Å²) in [6.45, 7) is 3.00. The first-order valence-electron chi connectivity index (χ1n) is 5.95. The topological polar surface area (TPSA) is 29.3 Å². The maximum atomic E-state index is 5.68. The molecule has 3 heteroatoms. The van der Waals surface area contributed by atoms with Gasteiger partial charge in [0, 0.05) is 23.7 Å². The molecule has 0 fully saturated rings. The number of aryl methyl sites for hydroxylation is 1. The monoisotopic (exact) mass is 236 g/mol. The van der Waals surface area contributed by atoms with E-state index in [-0.39, 0.29) is 0 Å². The fraction of sp³-hybridized carbons (Fsp3) is 0.538. The number of hydrogen-bond acceptors (Lipinski definition) is 3. The molecule has 2 nitrogen and oxygen atoms in total. The van der Waals surface area contributed by atoms with Gasteiger partial charge in [0.15, 0.2) is 0 Å². The highest BCUT2D eigenvalue weighted by Gasteiger charge is 2.24. The second-order valence-electron chi connectivity index (χ2n) is 4.27. The van der Waals surface area contributed by atoms with Crippen LogP contribution >= 0.6 is 11.8 Å². The maximum absolute atomic E-state index is 5.68. The summed E-state index contributed by atoms with van der Waals surface area (Å²) in [5, 5.41) is 0. The minimum Gasteiger partial charge on any atom is -0.370 e. The molecule has 0 radical (unpaired) electrons. The van der Waals surface area contributed by atoms with E-state index in [1.807, 2.05) is 11.8 Å². The van der Waals surface area contributed by atoms with Crippen LogP contribution in [0, 0.1) is 0 Å². The molecule has 0 saturated carbocycles. The zero-order valence-electron chi connectivity index (χ0n) is 10.1. The van der Waals surface area contributed by atoms with Crippen LogP contribution in [0.4, 0.5) is 5.69 Å². The summed E-state index contributed by atoms with van der Waals surface area (Å²) < 4.78 is 0. The van der Waals surface area contributed by atoms with E-state index < -0.39 is 0 Å². The number of para-hydroxylation sites is 1. The quantitative estimate of drug-likeness (QED) is 0.874. The molecular formula is C13H20N2S. The number of fused-ring (bicyclic) bond motifs is 1. The molecule has 0 bridgehead atoms. The van der Waals surface area contributed by atoms with Crippen molar-refractivity contribution < 1.29 is 0 Å². The van der Waals surface area contributed by atoms with Crippen LogP contribution in [0.1, 0.15) is 18.9 Å². The molecule has 2 rings (SSSR count). The Hall–Kier alpha value is -0.670. The molecular weight excluding hydrogens is 216 g/mol. The first-order valence-corrected chi connectivity index (χ1v) is 6.94. The number of rotatable bonds is 3. The number of thioether (sulfide) groups is 1. The lowest BCUT2D eigenvalue weighted by Gasteiger charge is -2.37. The van der Waals surface area contributed by atoms with Crippen molar-refractivity contribution in [3.8, 4) is 0 Å². The van der Waals surface area contributed by atoms with Crippen LogP contribution in [0.3, 0.4) is 0 Å². The number of anilines is 1. The average Bonchev–Trinajstić information content (AvgIpc) is 2.32. The summed E-state index contributed by atoms with van der Waals surface area (Å²) in [5.74, 6) is 1.16. The van der Waals surface area contributed by atoms with Crippen LogP contribution in [0.5, 0.6) is 0 Å². The standard InChI is InChI=1S/C13H20N2S/c1-3-10-5-4-6-12-13(10)15(2)11(7-8-14)9-16-12/h4-6,11H,3,7-9,14H2,1-2H3. The molecule has 1 aliphatic rings. The lowest BCUT2D eigenvalue weighted by molar-refractivity contribution is 0.631. The Labute approximate surface area is 102 Å². The highest BCUT2D eigenvalue weighted by atomic mass is 32.2. The van der Waals surface area contributed by atoms with Gasteiger partial charge in [0.25, 0.3) is 0 Å². The highest BCUT2D eigenvalue weighted by molar-refractivity contribution is 7.99. The number of nitrogens with zero attached hydrogens (tertiary/aromatic N) is 1. The minimum absolute atomic E-state index is 0.593. The van der Waals surface area contributed by atoms with Gasteiger partial charge in [0.2, 0.25) is 0 Å². The van der Waals surface area contributed by atoms with E-state index in [4.69, 9.17) is 5.73 Å². The molecule has 0 spiro atoms. The Bertz CT molecular complexity index is 351. The predicted octanol–water partition coefficient (Wildman–Crippen LogP) is 2.51. The van der Waals surface area contributed by atoms with Crippen molar-refractivity contribution in [2.24, 2.45) is 5.73 Å². The Morgan fingerprint density at radius 1 is 1.50 bits per heavy atom. The third kappa shape index (κ3) is 2.06. The average molecular weight is 236 g/mol. The summed E-state index contributed by atoms with van der Waals surface area (Å²) in [4.78, 5) is 3.85. The lowest BCUT2D eigenvalue weighted by Crippen LogP contribution is -2.38. The largest absolute Gasteiger partial charge is 0.370 e. The first kappa shape index (κ1) is 11.8. The van der Waals surface area contributed by atoms with Gasteiger partial charge in [-0.05, 0) is 31.0 Å². The van der Waals surface area contributed by atoms with E-state index in [9.17, 15) is 0 Å². The number of nitrogens with two attached hydrogens (primary N) is 1. The number of hydrogen-bond donors (Lipinski definition) is 1. The molecule has 0 amide bonds. The van der Waals surface area contributed by atoms with Crippen molar-refractivity contribution in [2.75, 3.05) is 24.2 Å². The van der Waals surface area contributed by atoms with Gasteiger partial charge in [-0.25, -0.2) is 0 Å². The fourth-order valence-electron chi connectivity index (χ4n) is 2.32. The van der Waals surface area contributed by atoms with Gasteiger partial charge in [0.1, 0.15) is 0 Å². The molecule has 16 heavy (non-hydrogen) atoms. The normalized spacial score (nSPS) is 19.7. The van der Waals surface area contributed by atoms with Gasteiger partial charge in [0.05, 0.1) is 5.69 Å². The summed E-state index contributed by atoms with van der Waals surface area (Å²) in [5.41, 5.74) is 8.56. The van der Waals surface area contributed by atoms with E-state index >= 15 is 0 Å². The third-order valence-electron chi connectivity index (χ3n) is 3.30. The minimum atomic E-state index is 0.593. The summed E-state index contributed by atoms with van der Waals surface area (Å²) >= 11 is 1.97. The van der Waals surface area contributed by atoms with Crippen LogP contribution < -0.4 is 10.6 Å². The van der Waals surface area contributed by atoms with Crippen molar-refractivity contribution >= 4 is 17.4 Å². The van der Waals surface area contributed by atoms with Gasteiger partial charge >= 0.3 is 0 Å². The number of benzene rings is 1. The Morgan fingerprint density at radius 3 is 3.00 bits per heavy atom. The molecule has 1 aliphatic heterocycles. The van der Waals surface area contributed by atoms with E-state index in [2.05, 4.69) is 37.1 Å². The Kier molecular flexibility index (Phi) is 3.77. The summed E-state index contributed by atoms with van der Waals surface area (Å²) in [6, 6.07) is 7.23. The van der Waals surface area contributed by atoms with Crippen LogP contribution in [0.2, 0.25) is 0 Å². The van der Waals surface area contributed by atoms with Gasteiger partial charge in [-0.2, -0.15) is 0 Å². The molecule has 2 N–H and O–H groups in total. The van der Waals surface area contributed by atoms with Crippen molar-refractivity contribution in [3.05, 3.63) is 23.8 Å². The van der Waals surface area contributed by atoms with Crippen LogP contribution in [-0.2, 0) is 6.42 Å². The van der Waals surface area contributed by atoms with E-state index in [0.29, 0.717) is 6.04 Å². The van der Waals surface area contributed by atoms with E-state index in [1.54, 1.807) is 0 Å². The lowest BCUT2D eigenvalue weighted by atomic mass is 10.1. The van der Waals surface area contributed by atoms with Crippen LogP contribution in [-0.4, -0.2) is 25.4 Å². The van der Waals surface area contributed by atoms with Crippen molar-refractivity contribution in [3.63, 3.8) is 0 Å². The molecule has 0 saturated heterocycles. The molecule has 88 valence electrons. The summed E-state index contributed by atoms with van der Waals surface area (Å²) in [6.07, 6.45) is 2.18. The van der Waals surface area contributed by atoms with E-state index in [1.165, 1.54) is 16.1 Å². The molecule has 1 unspecified atom stereocenters. The maximum Gasteiger partial charge on any atom is 0.0537 e. The Balaban J connectivity index is 2.34. The molecule has 1 atom stereocenters. The predicted molar refractivity (Wildman–Crippen MR) is 72.4 cm³/mol. The molecule has 0 aromatic heterocycles. The van der Waals surface area contributed by atoms with Gasteiger partial charge in [-0.1, -0.05) is 19.1 Å². The van der Waals surface area contributed by atoms with Crippen molar-refractivity contribution in [1.82, 2.24) is 0 Å². The third-order valence-corrected chi connectivity index (χ3v) is 4.49. The highest BCUT2D eigenvalue weighted by Crippen LogP contribution is 2.39. The first-order chi connectivity index (χ1) is 7.77. The molecule has 1 aromatic carbocycles. The van der Waals surface area contributed by atoms with Gasteiger partial charge < -0.3 is 10.6 Å². The van der Waals surface area contributed by atoms with Crippen LogP contribution in [0.25, 0.3) is 0 Å². The summed E-state index contributed by atoms with van der Waals surface area (Å²) in [7, 11) is 2.21. The van der Waals surface area contributed by atoms with Crippen molar-refractivity contribution in [1.29, 1.82) is 0 Å². The van der Waals surface area contributed by atoms with Crippen LogP contribution in [0.15, 0.2) is 23.1 Å². The Morgan fingerprint density at radius 2 is 2.31 bits per heavy atom.